The van der Waals surface area contributed by atoms with Crippen molar-refractivity contribution in [2.75, 3.05) is 0 Å². The summed E-state index contributed by atoms with van der Waals surface area (Å²) in [6.07, 6.45) is 2.09. The van der Waals surface area contributed by atoms with E-state index in [1.54, 1.807) is 0 Å². The van der Waals surface area contributed by atoms with Crippen molar-refractivity contribution >= 4 is 0 Å². The summed E-state index contributed by atoms with van der Waals surface area (Å²) in [5.74, 6) is 0.725. The highest BCUT2D eigenvalue weighted by molar-refractivity contribution is 5.32. The van der Waals surface area contributed by atoms with Crippen LogP contribution in [-0.2, 0) is 0 Å². The summed E-state index contributed by atoms with van der Waals surface area (Å²) in [6.45, 7) is 6.52. The van der Waals surface area contributed by atoms with E-state index < -0.39 is 0 Å². The lowest BCUT2D eigenvalue weighted by Crippen LogP contribution is -2.14. The van der Waals surface area contributed by atoms with Crippen LogP contribution in [0.4, 0.5) is 0 Å². The number of fused-ring (bicyclic) bond motifs is 1. The predicted molar refractivity (Wildman–Crippen MR) is 45.2 cm³/mol. The average molecular weight is 152 g/mol. The standard InChI is InChI=1S/C10H16O/c1-6(2)7-4-9(11)10(3)5-8(7)10/h8-9,11H,4-5H2,1-3H3. The van der Waals surface area contributed by atoms with Crippen molar-refractivity contribution in [2.24, 2.45) is 11.3 Å². The fourth-order valence-corrected chi connectivity index (χ4v) is 2.41. The van der Waals surface area contributed by atoms with Gasteiger partial charge < -0.3 is 5.11 Å². The third kappa shape index (κ3) is 0.807. The van der Waals surface area contributed by atoms with Crippen LogP contribution < -0.4 is 0 Å². The van der Waals surface area contributed by atoms with Gasteiger partial charge in [0.1, 0.15) is 0 Å². The molecule has 1 heteroatoms. The Hall–Kier alpha value is -0.300. The van der Waals surface area contributed by atoms with Crippen molar-refractivity contribution in [1.29, 1.82) is 0 Å². The van der Waals surface area contributed by atoms with E-state index in [4.69, 9.17) is 0 Å². The Kier molecular flexibility index (Phi) is 1.26. The molecule has 3 unspecified atom stereocenters. The molecule has 0 spiro atoms. The Morgan fingerprint density at radius 1 is 1.55 bits per heavy atom. The van der Waals surface area contributed by atoms with Gasteiger partial charge >= 0.3 is 0 Å². The molecule has 2 rings (SSSR count). The van der Waals surface area contributed by atoms with Crippen molar-refractivity contribution in [3.63, 3.8) is 0 Å². The highest BCUT2D eigenvalue weighted by Crippen LogP contribution is 2.66. The molecule has 0 bridgehead atoms. The molecule has 0 aliphatic heterocycles. The lowest BCUT2D eigenvalue weighted by molar-refractivity contribution is 0.117. The van der Waals surface area contributed by atoms with Gasteiger partial charge in [0.05, 0.1) is 6.10 Å². The molecule has 11 heavy (non-hydrogen) atoms. The number of aliphatic hydroxyl groups is 1. The number of aliphatic hydroxyl groups excluding tert-OH is 1. The molecule has 0 saturated heterocycles. The van der Waals surface area contributed by atoms with E-state index >= 15 is 0 Å². The molecule has 0 radical (unpaired) electrons. The minimum absolute atomic E-state index is 0.0580. The first-order valence-electron chi connectivity index (χ1n) is 4.40. The van der Waals surface area contributed by atoms with Crippen LogP contribution in [0.3, 0.4) is 0 Å². The highest BCUT2D eigenvalue weighted by Gasteiger charge is 2.61. The van der Waals surface area contributed by atoms with Gasteiger partial charge in [-0.3, -0.25) is 0 Å². The molecule has 2 aliphatic carbocycles. The maximum absolute atomic E-state index is 9.68. The molecule has 0 aromatic carbocycles. The summed E-state index contributed by atoms with van der Waals surface area (Å²) < 4.78 is 0. The van der Waals surface area contributed by atoms with E-state index in [9.17, 15) is 5.11 Å². The summed E-state index contributed by atoms with van der Waals surface area (Å²) >= 11 is 0. The Balaban J connectivity index is 2.30. The Morgan fingerprint density at radius 2 is 2.18 bits per heavy atom. The summed E-state index contributed by atoms with van der Waals surface area (Å²) in [5, 5.41) is 9.68. The molecule has 1 nitrogen and oxygen atoms in total. The van der Waals surface area contributed by atoms with Crippen molar-refractivity contribution in [1.82, 2.24) is 0 Å². The summed E-state index contributed by atoms with van der Waals surface area (Å²) in [5.41, 5.74) is 3.22. The minimum atomic E-state index is -0.0580. The molecule has 1 N–H and O–H groups in total. The van der Waals surface area contributed by atoms with Crippen LogP contribution >= 0.6 is 0 Å². The molecule has 0 amide bonds. The van der Waals surface area contributed by atoms with Gasteiger partial charge in [0, 0.05) is 5.41 Å². The fourth-order valence-electron chi connectivity index (χ4n) is 2.41. The van der Waals surface area contributed by atoms with Gasteiger partial charge in [-0.25, -0.2) is 0 Å². The average Bonchev–Trinajstić information content (AvgIpc) is 2.51. The molecule has 3 atom stereocenters. The SMILES string of the molecule is CC(C)=C1CC(O)C2(C)CC12. The van der Waals surface area contributed by atoms with Gasteiger partial charge in [-0.15, -0.1) is 0 Å². The number of rotatable bonds is 0. The van der Waals surface area contributed by atoms with Crippen LogP contribution in [0, 0.1) is 11.3 Å². The summed E-state index contributed by atoms with van der Waals surface area (Å²) in [4.78, 5) is 0. The predicted octanol–water partition coefficient (Wildman–Crippen LogP) is 2.11. The van der Waals surface area contributed by atoms with E-state index in [-0.39, 0.29) is 11.5 Å². The lowest BCUT2D eigenvalue weighted by Gasteiger charge is -2.10. The molecule has 0 heterocycles. The third-order valence-electron chi connectivity index (χ3n) is 3.52. The first-order chi connectivity index (χ1) is 5.05. The second kappa shape index (κ2) is 1.89. The zero-order valence-electron chi connectivity index (χ0n) is 7.52. The zero-order valence-corrected chi connectivity index (χ0v) is 7.52. The molecule has 2 saturated carbocycles. The van der Waals surface area contributed by atoms with Crippen molar-refractivity contribution in [3.8, 4) is 0 Å². The molecule has 2 aliphatic rings. The smallest absolute Gasteiger partial charge is 0.0636 e. The molecule has 62 valence electrons. The molecular formula is C10H16O. The van der Waals surface area contributed by atoms with Crippen molar-refractivity contribution < 1.29 is 5.11 Å². The topological polar surface area (TPSA) is 20.2 Å². The van der Waals surface area contributed by atoms with Gasteiger partial charge in [-0.1, -0.05) is 18.1 Å². The second-order valence-corrected chi connectivity index (χ2v) is 4.51. The van der Waals surface area contributed by atoms with Crippen molar-refractivity contribution in [2.45, 2.75) is 39.7 Å². The Morgan fingerprint density at radius 3 is 2.36 bits per heavy atom. The van der Waals surface area contributed by atoms with E-state index in [2.05, 4.69) is 20.8 Å². The quantitative estimate of drug-likeness (QED) is 0.527. The molecule has 2 fully saturated rings. The third-order valence-corrected chi connectivity index (χ3v) is 3.52. The second-order valence-electron chi connectivity index (χ2n) is 4.51. The molecule has 0 aromatic heterocycles. The highest BCUT2D eigenvalue weighted by atomic mass is 16.3. The Bertz CT molecular complexity index is 225. The van der Waals surface area contributed by atoms with Crippen LogP contribution in [0.5, 0.6) is 0 Å². The van der Waals surface area contributed by atoms with Gasteiger partial charge in [-0.05, 0) is 32.6 Å². The first kappa shape index (κ1) is 7.35. The van der Waals surface area contributed by atoms with Crippen LogP contribution in [-0.4, -0.2) is 11.2 Å². The molecule has 0 aromatic rings. The maximum atomic E-state index is 9.68. The monoisotopic (exact) mass is 152 g/mol. The van der Waals surface area contributed by atoms with Gasteiger partial charge in [0.15, 0.2) is 0 Å². The number of hydrogen-bond donors (Lipinski definition) is 1. The van der Waals surface area contributed by atoms with Crippen LogP contribution in [0.1, 0.15) is 33.6 Å². The van der Waals surface area contributed by atoms with Gasteiger partial charge in [0.2, 0.25) is 0 Å². The summed E-state index contributed by atoms with van der Waals surface area (Å²) in [7, 11) is 0. The van der Waals surface area contributed by atoms with E-state index in [0.717, 1.165) is 12.3 Å². The normalized spacial score (nSPS) is 47.5. The lowest BCUT2D eigenvalue weighted by atomic mass is 10.0. The van der Waals surface area contributed by atoms with E-state index in [1.165, 1.54) is 17.6 Å². The van der Waals surface area contributed by atoms with Gasteiger partial charge in [-0.2, -0.15) is 0 Å². The van der Waals surface area contributed by atoms with Crippen LogP contribution in [0.15, 0.2) is 11.1 Å². The minimum Gasteiger partial charge on any atom is -0.392 e. The summed E-state index contributed by atoms with van der Waals surface area (Å²) in [6, 6.07) is 0. The fraction of sp³-hybridized carbons (Fsp3) is 0.800. The van der Waals surface area contributed by atoms with E-state index in [0.29, 0.717) is 0 Å². The number of allylic oxidation sites excluding steroid dienone is 1. The van der Waals surface area contributed by atoms with E-state index in [1.807, 2.05) is 0 Å². The molecular weight excluding hydrogens is 136 g/mol. The first-order valence-corrected chi connectivity index (χ1v) is 4.40. The van der Waals surface area contributed by atoms with Crippen LogP contribution in [0.2, 0.25) is 0 Å². The zero-order chi connectivity index (χ0) is 8.22. The Labute approximate surface area is 68.1 Å². The number of hydrogen-bond acceptors (Lipinski definition) is 1. The van der Waals surface area contributed by atoms with Crippen molar-refractivity contribution in [3.05, 3.63) is 11.1 Å². The maximum Gasteiger partial charge on any atom is 0.0636 e. The van der Waals surface area contributed by atoms with Gasteiger partial charge in [0.25, 0.3) is 0 Å². The largest absolute Gasteiger partial charge is 0.392 e. The van der Waals surface area contributed by atoms with Crippen LogP contribution in [0.25, 0.3) is 0 Å².